The molecule has 0 radical (unpaired) electrons. The fraction of sp³-hybridized carbons (Fsp3) is 0.100. The van der Waals surface area contributed by atoms with E-state index in [4.69, 9.17) is 5.26 Å². The third kappa shape index (κ3) is 3.39. The highest BCUT2D eigenvalue weighted by Gasteiger charge is 2.22. The number of aryl methyl sites for hydroxylation is 1. The van der Waals surface area contributed by atoms with Crippen molar-refractivity contribution in [3.05, 3.63) is 66.0 Å². The zero-order valence-electron chi connectivity index (χ0n) is 14.9. The number of aromatic amines is 1. The number of halogens is 2. The summed E-state index contributed by atoms with van der Waals surface area (Å²) in [6.07, 6.45) is 2.95. The first-order valence-electron chi connectivity index (χ1n) is 8.63. The summed E-state index contributed by atoms with van der Waals surface area (Å²) in [6.45, 7) is 0. The van der Waals surface area contributed by atoms with Gasteiger partial charge in [-0.05, 0) is 24.1 Å². The fourth-order valence-electron chi connectivity index (χ4n) is 3.18. The molecule has 0 saturated carbocycles. The normalized spacial score (nSPS) is 11.6. The first-order chi connectivity index (χ1) is 13.9. The van der Waals surface area contributed by atoms with Gasteiger partial charge in [-0.15, -0.1) is 0 Å². The van der Waals surface area contributed by atoms with Gasteiger partial charge < -0.3 is 4.98 Å². The maximum Gasteiger partial charge on any atom is 0.264 e. The van der Waals surface area contributed by atoms with Crippen LogP contribution in [0.5, 0.6) is 0 Å². The molecule has 2 heterocycles. The van der Waals surface area contributed by atoms with Gasteiger partial charge in [-0.1, -0.05) is 18.2 Å². The van der Waals surface area contributed by atoms with Gasteiger partial charge in [0.2, 0.25) is 0 Å². The summed E-state index contributed by atoms with van der Waals surface area (Å²) in [5.74, 6) is -1.71. The Balaban J connectivity index is 1.74. The van der Waals surface area contributed by atoms with E-state index in [9.17, 15) is 17.2 Å². The zero-order valence-corrected chi connectivity index (χ0v) is 15.7. The second-order valence-corrected chi connectivity index (χ2v) is 8.05. The maximum atomic E-state index is 14.4. The lowest BCUT2D eigenvalue weighted by atomic mass is 10.1. The molecule has 6 nitrogen and oxygen atoms in total. The quantitative estimate of drug-likeness (QED) is 0.512. The average molecular weight is 412 g/mol. The van der Waals surface area contributed by atoms with Gasteiger partial charge in [0.05, 0.1) is 22.8 Å². The third-order valence-electron chi connectivity index (χ3n) is 4.56. The first-order valence-corrected chi connectivity index (χ1v) is 10.1. The van der Waals surface area contributed by atoms with Crippen molar-refractivity contribution in [2.75, 3.05) is 4.72 Å². The van der Waals surface area contributed by atoms with Crippen molar-refractivity contribution >= 4 is 37.5 Å². The molecule has 2 N–H and O–H groups in total. The molecule has 0 aliphatic carbocycles. The summed E-state index contributed by atoms with van der Waals surface area (Å²) in [6, 6.07) is 10.5. The van der Waals surface area contributed by atoms with Crippen molar-refractivity contribution < 1.29 is 17.2 Å². The summed E-state index contributed by atoms with van der Waals surface area (Å²) < 4.78 is 56.3. The van der Waals surface area contributed by atoms with E-state index >= 15 is 0 Å². The van der Waals surface area contributed by atoms with Gasteiger partial charge in [-0.25, -0.2) is 17.2 Å². The van der Waals surface area contributed by atoms with E-state index in [-0.39, 0.29) is 23.3 Å². The van der Waals surface area contributed by atoms with Crippen LogP contribution >= 0.6 is 0 Å². The largest absolute Gasteiger partial charge is 0.358 e. The summed E-state index contributed by atoms with van der Waals surface area (Å²) in [5.41, 5.74) is 0.639. The molecule has 0 spiro atoms. The Bertz CT molecular complexity index is 1390. The van der Waals surface area contributed by atoms with Gasteiger partial charge in [0, 0.05) is 35.7 Å². The van der Waals surface area contributed by atoms with E-state index in [2.05, 4.69) is 14.7 Å². The molecule has 0 amide bonds. The molecule has 0 unspecified atom stereocenters. The van der Waals surface area contributed by atoms with Gasteiger partial charge in [0.25, 0.3) is 10.0 Å². The molecule has 0 aliphatic heterocycles. The lowest BCUT2D eigenvalue weighted by Gasteiger charge is -2.10. The molecule has 9 heteroatoms. The van der Waals surface area contributed by atoms with E-state index in [1.54, 1.807) is 24.4 Å². The summed E-state index contributed by atoms with van der Waals surface area (Å²) >= 11 is 0. The Morgan fingerprint density at radius 1 is 1.17 bits per heavy atom. The molecule has 2 aromatic heterocycles. The van der Waals surface area contributed by atoms with E-state index in [1.807, 2.05) is 12.1 Å². The first kappa shape index (κ1) is 18.8. The number of H-pyrrole nitrogens is 1. The second-order valence-electron chi connectivity index (χ2n) is 6.40. The second kappa shape index (κ2) is 7.14. The standard InChI is InChI=1S/C20H14F2N4O2S/c21-15-10-17(16(22)9-13(15)3-1-7-23)26-29(27,28)18-11-25-20-14(18)6-5-12-4-2-8-24-19(12)20/h2,4-6,8-11,25-26H,1,3H2. The smallest absolute Gasteiger partial charge is 0.264 e. The van der Waals surface area contributed by atoms with Crippen LogP contribution in [-0.2, 0) is 16.4 Å². The maximum absolute atomic E-state index is 14.4. The van der Waals surface area contributed by atoms with E-state index in [0.29, 0.717) is 16.4 Å². The van der Waals surface area contributed by atoms with Crippen LogP contribution in [0, 0.1) is 23.0 Å². The number of hydrogen-bond donors (Lipinski definition) is 2. The van der Waals surface area contributed by atoms with Gasteiger partial charge in [0.15, 0.2) is 0 Å². The summed E-state index contributed by atoms with van der Waals surface area (Å²) in [5, 5.41) is 9.81. The highest BCUT2D eigenvalue weighted by atomic mass is 32.2. The lowest BCUT2D eigenvalue weighted by Crippen LogP contribution is -2.14. The van der Waals surface area contributed by atoms with Gasteiger partial charge in [-0.3, -0.25) is 9.71 Å². The number of aromatic nitrogens is 2. The van der Waals surface area contributed by atoms with Crippen LogP contribution in [0.1, 0.15) is 12.0 Å². The highest BCUT2D eigenvalue weighted by molar-refractivity contribution is 7.93. The summed E-state index contributed by atoms with van der Waals surface area (Å²) in [4.78, 5) is 7.07. The molecule has 0 atom stereocenters. The number of pyridine rings is 1. The zero-order chi connectivity index (χ0) is 20.6. The predicted molar refractivity (Wildman–Crippen MR) is 105 cm³/mol. The minimum atomic E-state index is -4.20. The lowest BCUT2D eigenvalue weighted by molar-refractivity contribution is 0.585. The number of nitrogens with one attached hydrogen (secondary N) is 2. The van der Waals surface area contributed by atoms with Crippen LogP contribution in [0.25, 0.3) is 21.8 Å². The van der Waals surface area contributed by atoms with Crippen LogP contribution < -0.4 is 4.72 Å². The number of benzene rings is 2. The van der Waals surface area contributed by atoms with Gasteiger partial charge in [0.1, 0.15) is 16.5 Å². The Labute approximate surface area is 164 Å². The Kier molecular flexibility index (Phi) is 4.64. The van der Waals surface area contributed by atoms with E-state index < -0.39 is 27.3 Å². The van der Waals surface area contributed by atoms with Crippen LogP contribution in [0.3, 0.4) is 0 Å². The van der Waals surface area contributed by atoms with Crippen LogP contribution in [0.4, 0.5) is 14.5 Å². The van der Waals surface area contributed by atoms with Gasteiger partial charge >= 0.3 is 0 Å². The minimum Gasteiger partial charge on any atom is -0.358 e. The number of anilines is 1. The van der Waals surface area contributed by atoms with Crippen molar-refractivity contribution in [2.24, 2.45) is 0 Å². The van der Waals surface area contributed by atoms with E-state index in [0.717, 1.165) is 17.5 Å². The molecule has 0 bridgehead atoms. The number of hydrogen-bond acceptors (Lipinski definition) is 4. The topological polar surface area (TPSA) is 98.6 Å². The Morgan fingerprint density at radius 2 is 2.00 bits per heavy atom. The minimum absolute atomic E-state index is 0.0108. The van der Waals surface area contributed by atoms with Crippen molar-refractivity contribution in [3.63, 3.8) is 0 Å². The van der Waals surface area contributed by atoms with Crippen molar-refractivity contribution in [3.8, 4) is 6.07 Å². The number of nitrogens with zero attached hydrogens (tertiary/aromatic N) is 2. The highest BCUT2D eigenvalue weighted by Crippen LogP contribution is 2.30. The van der Waals surface area contributed by atoms with Crippen molar-refractivity contribution in [2.45, 2.75) is 17.7 Å². The van der Waals surface area contributed by atoms with E-state index in [1.165, 1.54) is 6.20 Å². The number of sulfonamides is 1. The molecule has 2 aromatic carbocycles. The number of rotatable bonds is 5. The van der Waals surface area contributed by atoms with Crippen molar-refractivity contribution in [1.82, 2.24) is 9.97 Å². The average Bonchev–Trinajstić information content (AvgIpc) is 3.15. The van der Waals surface area contributed by atoms with Crippen LogP contribution in [0.15, 0.2) is 53.7 Å². The SMILES string of the molecule is N#CCCc1cc(F)c(NS(=O)(=O)c2c[nH]c3c2ccc2cccnc23)cc1F. The summed E-state index contributed by atoms with van der Waals surface area (Å²) in [7, 11) is -4.20. The van der Waals surface area contributed by atoms with Crippen LogP contribution in [-0.4, -0.2) is 18.4 Å². The fourth-order valence-corrected chi connectivity index (χ4v) is 4.41. The van der Waals surface area contributed by atoms with Crippen LogP contribution in [0.2, 0.25) is 0 Å². The molecule has 0 aliphatic rings. The predicted octanol–water partition coefficient (Wildman–Crippen LogP) is 4.25. The molecule has 4 aromatic rings. The molecule has 29 heavy (non-hydrogen) atoms. The molecule has 0 fully saturated rings. The van der Waals surface area contributed by atoms with Gasteiger partial charge in [-0.2, -0.15) is 5.26 Å². The Hall–Kier alpha value is -3.51. The molecular formula is C20H14F2N4O2S. The molecule has 4 rings (SSSR count). The number of nitriles is 1. The number of fused-ring (bicyclic) bond motifs is 3. The van der Waals surface area contributed by atoms with Crippen molar-refractivity contribution in [1.29, 1.82) is 5.26 Å². The Morgan fingerprint density at radius 3 is 2.79 bits per heavy atom. The molecule has 146 valence electrons. The molecule has 0 saturated heterocycles. The third-order valence-corrected chi connectivity index (χ3v) is 5.97. The molecular weight excluding hydrogens is 398 g/mol. The monoisotopic (exact) mass is 412 g/mol.